The highest BCUT2D eigenvalue weighted by Crippen LogP contribution is 2.39. The smallest absolute Gasteiger partial charge is 0.354 e. The van der Waals surface area contributed by atoms with E-state index in [1.807, 2.05) is 20.8 Å². The Bertz CT molecular complexity index is 1210. The summed E-state index contributed by atoms with van der Waals surface area (Å²) in [6.45, 7) is 7.32. The van der Waals surface area contributed by atoms with Crippen LogP contribution in [0.25, 0.3) is 5.69 Å². The molecule has 0 aliphatic carbocycles. The maximum absolute atomic E-state index is 12.9. The molecular weight excluding hydrogens is 454 g/mol. The number of imidazole rings is 1. The summed E-state index contributed by atoms with van der Waals surface area (Å²) in [5.74, 6) is 1.50. The molecule has 0 radical (unpaired) electrons. The molecule has 0 saturated carbocycles. The Morgan fingerprint density at radius 3 is 2.68 bits per heavy atom. The fraction of sp³-hybridized carbons (Fsp3) is 0.429. The number of anilines is 1. The number of rotatable bonds is 7. The van der Waals surface area contributed by atoms with Gasteiger partial charge in [0.05, 0.1) is 9.10 Å². The SMILES string of the molecule is Cc1ccc(S(=O)(=O)Nc2nc(=O)n3c(C)c(C)sc(SCCC4CCOC4)c2-3)cc1. The van der Waals surface area contributed by atoms with Gasteiger partial charge in [0.15, 0.2) is 5.82 Å². The lowest BCUT2D eigenvalue weighted by Gasteiger charge is -2.16. The van der Waals surface area contributed by atoms with Crippen LogP contribution in [0.4, 0.5) is 5.82 Å². The van der Waals surface area contributed by atoms with Crippen LogP contribution < -0.4 is 10.4 Å². The van der Waals surface area contributed by atoms with E-state index in [-0.39, 0.29) is 10.7 Å². The van der Waals surface area contributed by atoms with Gasteiger partial charge in [0.1, 0.15) is 5.69 Å². The quantitative estimate of drug-likeness (QED) is 0.516. The predicted octanol–water partition coefficient (Wildman–Crippen LogP) is 3.98. The maximum atomic E-state index is 12.9. The summed E-state index contributed by atoms with van der Waals surface area (Å²) in [5, 5.41) is 0. The molecule has 1 N–H and O–H groups in total. The van der Waals surface area contributed by atoms with Crippen LogP contribution in [0.2, 0.25) is 0 Å². The molecule has 1 unspecified atom stereocenters. The van der Waals surface area contributed by atoms with Crippen molar-refractivity contribution in [1.82, 2.24) is 9.55 Å². The van der Waals surface area contributed by atoms with E-state index in [0.29, 0.717) is 11.6 Å². The highest BCUT2D eigenvalue weighted by Gasteiger charge is 2.27. The minimum atomic E-state index is -3.87. The topological polar surface area (TPSA) is 90.3 Å². The minimum Gasteiger partial charge on any atom is -0.381 e. The third-order valence-electron chi connectivity index (χ3n) is 5.48. The molecule has 1 saturated heterocycles. The molecule has 0 bridgehead atoms. The summed E-state index contributed by atoms with van der Waals surface area (Å²) in [5.41, 5.74) is 1.79. The molecule has 0 spiro atoms. The average molecular weight is 480 g/mol. The molecule has 4 rings (SSSR count). The maximum Gasteiger partial charge on any atom is 0.354 e. The van der Waals surface area contributed by atoms with Crippen LogP contribution in [0.5, 0.6) is 0 Å². The molecular formula is C21H25N3O4S3. The number of thioether (sulfide) groups is 1. The summed E-state index contributed by atoms with van der Waals surface area (Å²) < 4.78 is 36.3. The number of nitrogens with one attached hydrogen (secondary N) is 1. The Balaban J connectivity index is 1.68. The third kappa shape index (κ3) is 4.67. The Labute approximate surface area is 190 Å². The first kappa shape index (κ1) is 22.3. The molecule has 1 atom stereocenters. The largest absolute Gasteiger partial charge is 0.381 e. The second-order valence-electron chi connectivity index (χ2n) is 7.74. The Morgan fingerprint density at radius 2 is 2.00 bits per heavy atom. The van der Waals surface area contributed by atoms with E-state index in [9.17, 15) is 13.2 Å². The van der Waals surface area contributed by atoms with Crippen molar-refractivity contribution in [3.8, 4) is 5.69 Å². The number of fused-ring (bicyclic) bond motifs is 1. The van der Waals surface area contributed by atoms with Crippen LogP contribution in [0.1, 0.15) is 29.0 Å². The molecule has 1 fully saturated rings. The second-order valence-corrected chi connectivity index (χ2v) is 12.0. The minimum absolute atomic E-state index is 0.0802. The number of hydrogen-bond donors (Lipinski definition) is 1. The van der Waals surface area contributed by atoms with E-state index < -0.39 is 15.7 Å². The van der Waals surface area contributed by atoms with Crippen LogP contribution in [0.3, 0.4) is 0 Å². The van der Waals surface area contributed by atoms with Crippen molar-refractivity contribution in [1.29, 1.82) is 0 Å². The first-order valence-corrected chi connectivity index (χ1v) is 13.4. The number of benzene rings is 1. The number of ether oxygens (including phenoxy) is 1. The second kappa shape index (κ2) is 8.93. The molecule has 0 aromatic heterocycles. The van der Waals surface area contributed by atoms with Crippen LogP contribution in [0.15, 0.2) is 38.2 Å². The van der Waals surface area contributed by atoms with E-state index >= 15 is 0 Å². The lowest BCUT2D eigenvalue weighted by atomic mass is 10.1. The van der Waals surface area contributed by atoms with Crippen LogP contribution >= 0.6 is 23.1 Å². The number of aromatic nitrogens is 2. The van der Waals surface area contributed by atoms with Gasteiger partial charge in [-0.05, 0) is 57.4 Å². The van der Waals surface area contributed by atoms with Crippen molar-refractivity contribution in [3.63, 3.8) is 0 Å². The van der Waals surface area contributed by atoms with Crippen molar-refractivity contribution >= 4 is 38.9 Å². The Morgan fingerprint density at radius 1 is 1.26 bits per heavy atom. The highest BCUT2D eigenvalue weighted by atomic mass is 32.2. The zero-order valence-electron chi connectivity index (χ0n) is 17.7. The molecule has 31 heavy (non-hydrogen) atoms. The molecule has 3 heterocycles. The van der Waals surface area contributed by atoms with Crippen molar-refractivity contribution < 1.29 is 13.2 Å². The van der Waals surface area contributed by atoms with E-state index in [1.54, 1.807) is 47.4 Å². The molecule has 3 aliphatic rings. The number of nitrogens with zero attached hydrogens (tertiary/aromatic N) is 2. The molecule has 7 nitrogen and oxygen atoms in total. The number of hydrogen-bond acceptors (Lipinski definition) is 7. The monoisotopic (exact) mass is 479 g/mol. The van der Waals surface area contributed by atoms with Gasteiger partial charge < -0.3 is 4.74 Å². The lowest BCUT2D eigenvalue weighted by Crippen LogP contribution is -2.17. The number of aryl methyl sites for hydroxylation is 2. The molecule has 10 heteroatoms. The van der Waals surface area contributed by atoms with Gasteiger partial charge >= 0.3 is 5.69 Å². The summed E-state index contributed by atoms with van der Waals surface area (Å²) >= 11 is 3.20. The fourth-order valence-electron chi connectivity index (χ4n) is 3.52. The van der Waals surface area contributed by atoms with Crippen LogP contribution in [0, 0.1) is 26.7 Å². The van der Waals surface area contributed by atoms with Gasteiger partial charge in [-0.1, -0.05) is 17.7 Å². The normalized spacial score (nSPS) is 16.8. The van der Waals surface area contributed by atoms with Gasteiger partial charge in [-0.3, -0.25) is 9.29 Å². The summed E-state index contributed by atoms with van der Waals surface area (Å²) in [6, 6.07) is 6.57. The van der Waals surface area contributed by atoms with Crippen molar-refractivity contribution in [2.24, 2.45) is 5.92 Å². The van der Waals surface area contributed by atoms with Gasteiger partial charge in [-0.15, -0.1) is 23.1 Å². The molecule has 1 aromatic rings. The van der Waals surface area contributed by atoms with Crippen LogP contribution in [-0.2, 0) is 14.8 Å². The summed E-state index contributed by atoms with van der Waals surface area (Å²) in [4.78, 5) is 17.9. The van der Waals surface area contributed by atoms with Gasteiger partial charge in [-0.2, -0.15) is 4.98 Å². The van der Waals surface area contributed by atoms with E-state index in [4.69, 9.17) is 4.74 Å². The van der Waals surface area contributed by atoms with Gasteiger partial charge in [0.2, 0.25) is 0 Å². The lowest BCUT2D eigenvalue weighted by molar-refractivity contribution is 0.185. The first-order valence-electron chi connectivity index (χ1n) is 10.1. The average Bonchev–Trinajstić information content (AvgIpc) is 3.34. The molecule has 3 aliphatic heterocycles. The Hall–Kier alpha value is -1.88. The molecule has 166 valence electrons. The number of sulfonamides is 1. The van der Waals surface area contributed by atoms with Gasteiger partial charge in [0.25, 0.3) is 10.0 Å². The van der Waals surface area contributed by atoms with E-state index in [2.05, 4.69) is 9.71 Å². The fourth-order valence-corrected chi connectivity index (χ4v) is 7.15. The summed E-state index contributed by atoms with van der Waals surface area (Å²) in [7, 11) is -3.87. The van der Waals surface area contributed by atoms with Crippen molar-refractivity contribution in [2.45, 2.75) is 42.7 Å². The van der Waals surface area contributed by atoms with E-state index in [1.165, 1.54) is 4.57 Å². The van der Waals surface area contributed by atoms with Gasteiger partial charge in [0, 0.05) is 23.8 Å². The first-order chi connectivity index (χ1) is 14.8. The Kier molecular flexibility index (Phi) is 6.43. The zero-order valence-corrected chi connectivity index (χ0v) is 20.1. The zero-order chi connectivity index (χ0) is 22.2. The molecule has 1 aromatic carbocycles. The van der Waals surface area contributed by atoms with E-state index in [0.717, 1.165) is 52.2 Å². The standard InChI is InChI=1S/C21H25N3O4S3/c1-13-4-6-17(7-5-13)31(26,27)23-19-18-20(29-11-9-16-8-10-28-12-16)30-15(3)14(2)24(18)21(25)22-19/h4-7,16H,8-12H2,1-3H3,(H,22,23,25). The van der Waals surface area contributed by atoms with Gasteiger partial charge in [-0.25, -0.2) is 13.2 Å². The van der Waals surface area contributed by atoms with Crippen LogP contribution in [-0.4, -0.2) is 36.9 Å². The predicted molar refractivity (Wildman–Crippen MR) is 125 cm³/mol. The molecule has 0 amide bonds. The highest BCUT2D eigenvalue weighted by molar-refractivity contribution is 8.01. The van der Waals surface area contributed by atoms with Crippen molar-refractivity contribution in [3.05, 3.63) is 50.9 Å². The summed E-state index contributed by atoms with van der Waals surface area (Å²) in [6.07, 6.45) is 2.09. The third-order valence-corrected chi connectivity index (χ3v) is 9.31. The van der Waals surface area contributed by atoms with Crippen molar-refractivity contribution in [2.75, 3.05) is 23.7 Å².